The van der Waals surface area contributed by atoms with Gasteiger partial charge in [-0.3, -0.25) is 14.4 Å². The number of rotatable bonds is 14. The molecule has 210 valence electrons. The SMILES string of the molecule is [NH3+]C(CCC(=O)NC(CSCc1ccc(Br)cc1)C(=O)NCC(=O)OC1CCCC1)C(=O)OC1CCCC1. The highest BCUT2D eigenvalue weighted by molar-refractivity contribution is 9.10. The molecule has 0 spiro atoms. The smallest absolute Gasteiger partial charge is 0.365 e. The molecule has 2 atom stereocenters. The van der Waals surface area contributed by atoms with Crippen LogP contribution in [0.1, 0.15) is 69.8 Å². The van der Waals surface area contributed by atoms with Crippen LogP contribution < -0.4 is 16.4 Å². The number of esters is 2. The molecule has 0 radical (unpaired) electrons. The Balaban J connectivity index is 1.47. The van der Waals surface area contributed by atoms with Crippen LogP contribution in [-0.4, -0.2) is 60.3 Å². The molecule has 38 heavy (non-hydrogen) atoms. The molecule has 1 aromatic rings. The van der Waals surface area contributed by atoms with Crippen molar-refractivity contribution in [2.24, 2.45) is 0 Å². The maximum absolute atomic E-state index is 12.9. The molecule has 5 N–H and O–H groups in total. The summed E-state index contributed by atoms with van der Waals surface area (Å²) in [4.78, 5) is 50.0. The van der Waals surface area contributed by atoms with E-state index in [4.69, 9.17) is 9.47 Å². The summed E-state index contributed by atoms with van der Waals surface area (Å²) in [5, 5.41) is 5.37. The summed E-state index contributed by atoms with van der Waals surface area (Å²) in [5.74, 6) is -0.682. The maximum Gasteiger partial charge on any atom is 0.365 e. The Morgan fingerprint density at radius 3 is 2.21 bits per heavy atom. The minimum Gasteiger partial charge on any atom is -0.461 e. The van der Waals surface area contributed by atoms with E-state index < -0.39 is 24.0 Å². The Morgan fingerprint density at radius 2 is 1.58 bits per heavy atom. The molecule has 0 bridgehead atoms. The molecule has 0 heterocycles. The van der Waals surface area contributed by atoms with E-state index in [1.165, 1.54) is 11.8 Å². The summed E-state index contributed by atoms with van der Waals surface area (Å²) in [7, 11) is 0. The van der Waals surface area contributed by atoms with Crippen LogP contribution in [0, 0.1) is 0 Å². The van der Waals surface area contributed by atoms with Crippen molar-refractivity contribution >= 4 is 51.4 Å². The zero-order valence-electron chi connectivity index (χ0n) is 21.8. The van der Waals surface area contributed by atoms with Gasteiger partial charge >= 0.3 is 11.9 Å². The van der Waals surface area contributed by atoms with Gasteiger partial charge in [-0.1, -0.05) is 28.1 Å². The van der Waals surface area contributed by atoms with Gasteiger partial charge in [-0.15, -0.1) is 0 Å². The average molecular weight is 614 g/mol. The lowest BCUT2D eigenvalue weighted by Gasteiger charge is -2.19. The van der Waals surface area contributed by atoms with Crippen LogP contribution in [0.5, 0.6) is 0 Å². The van der Waals surface area contributed by atoms with Crippen LogP contribution >= 0.6 is 27.7 Å². The number of hydrogen-bond donors (Lipinski definition) is 3. The first-order chi connectivity index (χ1) is 18.3. The van der Waals surface area contributed by atoms with Gasteiger partial charge in [0.1, 0.15) is 24.8 Å². The predicted molar refractivity (Wildman–Crippen MR) is 148 cm³/mol. The minimum absolute atomic E-state index is 0.0405. The van der Waals surface area contributed by atoms with E-state index in [2.05, 4.69) is 32.3 Å². The van der Waals surface area contributed by atoms with E-state index in [-0.39, 0.29) is 43.5 Å². The second-order valence-corrected chi connectivity index (χ2v) is 11.9. The van der Waals surface area contributed by atoms with Gasteiger partial charge in [0, 0.05) is 28.8 Å². The highest BCUT2D eigenvalue weighted by atomic mass is 79.9. The van der Waals surface area contributed by atoms with Crippen LogP contribution in [-0.2, 0) is 34.4 Å². The Morgan fingerprint density at radius 1 is 0.974 bits per heavy atom. The molecule has 2 aliphatic rings. The van der Waals surface area contributed by atoms with Crippen LogP contribution in [0.2, 0.25) is 0 Å². The van der Waals surface area contributed by atoms with Gasteiger partial charge in [-0.2, -0.15) is 11.8 Å². The van der Waals surface area contributed by atoms with Crippen LogP contribution in [0.25, 0.3) is 0 Å². The van der Waals surface area contributed by atoms with Crippen LogP contribution in [0.15, 0.2) is 28.7 Å². The molecule has 2 aliphatic carbocycles. The van der Waals surface area contributed by atoms with Gasteiger partial charge in [0.15, 0.2) is 6.04 Å². The van der Waals surface area contributed by atoms with Crippen LogP contribution in [0.4, 0.5) is 0 Å². The maximum atomic E-state index is 12.9. The van der Waals surface area contributed by atoms with Crippen molar-refractivity contribution in [1.29, 1.82) is 0 Å². The second-order valence-electron chi connectivity index (χ2n) is 9.95. The number of benzene rings is 1. The van der Waals surface area contributed by atoms with Crippen molar-refractivity contribution in [3.05, 3.63) is 34.3 Å². The van der Waals surface area contributed by atoms with Gasteiger partial charge < -0.3 is 25.8 Å². The first-order valence-corrected chi connectivity index (χ1v) is 15.4. The molecule has 2 amide bonds. The first-order valence-electron chi connectivity index (χ1n) is 13.4. The van der Waals surface area contributed by atoms with Crippen molar-refractivity contribution in [2.45, 2.75) is 94.3 Å². The number of quaternary nitrogens is 1. The summed E-state index contributed by atoms with van der Waals surface area (Å²) in [5.41, 5.74) is 4.94. The number of ether oxygens (including phenoxy) is 2. The third-order valence-electron chi connectivity index (χ3n) is 6.76. The summed E-state index contributed by atoms with van der Waals surface area (Å²) >= 11 is 4.92. The molecular formula is C27H39BrN3O6S+. The lowest BCUT2D eigenvalue weighted by Crippen LogP contribution is -2.65. The lowest BCUT2D eigenvalue weighted by molar-refractivity contribution is -0.410. The standard InChI is InChI=1S/C27H38BrN3O6S/c28-19-11-9-18(10-12-19)16-38-17-23(26(34)30-15-25(33)36-20-5-1-2-6-20)31-24(32)14-13-22(29)27(35)37-21-7-3-4-8-21/h9-12,20-23H,1-8,13-17,29H2,(H,30,34)(H,31,32)/p+1. The highest BCUT2D eigenvalue weighted by Gasteiger charge is 2.27. The fourth-order valence-corrected chi connectivity index (χ4v) is 5.81. The molecule has 2 unspecified atom stereocenters. The number of hydrogen-bond acceptors (Lipinski definition) is 7. The topological polar surface area (TPSA) is 138 Å². The molecule has 9 nitrogen and oxygen atoms in total. The fourth-order valence-electron chi connectivity index (χ4n) is 4.53. The van der Waals surface area contributed by atoms with E-state index in [0.717, 1.165) is 61.4 Å². The molecule has 0 aromatic heterocycles. The van der Waals surface area contributed by atoms with Gasteiger partial charge in [-0.05, 0) is 69.1 Å². The molecule has 2 fully saturated rings. The zero-order chi connectivity index (χ0) is 27.3. The largest absolute Gasteiger partial charge is 0.461 e. The Bertz CT molecular complexity index is 935. The number of nitrogens with one attached hydrogen (secondary N) is 2. The Kier molecular flexibility index (Phi) is 12.9. The van der Waals surface area contributed by atoms with E-state index in [1.54, 1.807) is 0 Å². The molecule has 0 saturated heterocycles. The fraction of sp³-hybridized carbons (Fsp3) is 0.630. The third kappa shape index (κ3) is 10.9. The van der Waals surface area contributed by atoms with Gasteiger partial charge in [0.25, 0.3) is 0 Å². The van der Waals surface area contributed by atoms with Crippen molar-refractivity contribution in [3.63, 3.8) is 0 Å². The van der Waals surface area contributed by atoms with Crippen molar-refractivity contribution in [2.75, 3.05) is 12.3 Å². The van der Waals surface area contributed by atoms with Gasteiger partial charge in [0.2, 0.25) is 11.8 Å². The molecule has 1 aromatic carbocycles. The number of thioether (sulfide) groups is 1. The quantitative estimate of drug-likeness (QED) is 0.274. The molecule has 11 heteroatoms. The summed E-state index contributed by atoms with van der Waals surface area (Å²) in [6, 6.07) is 6.39. The van der Waals surface area contributed by atoms with E-state index >= 15 is 0 Å². The average Bonchev–Trinajstić information content (AvgIpc) is 3.61. The van der Waals surface area contributed by atoms with Crippen molar-refractivity contribution < 1.29 is 34.4 Å². The highest BCUT2D eigenvalue weighted by Crippen LogP contribution is 2.22. The number of carbonyl (C=O) groups is 4. The normalized spacial score (nSPS) is 17.5. The Hall–Kier alpha value is -2.11. The monoisotopic (exact) mass is 612 g/mol. The number of amides is 2. The molecule has 2 saturated carbocycles. The first kappa shape index (κ1) is 30.4. The minimum atomic E-state index is -0.837. The van der Waals surface area contributed by atoms with Gasteiger partial charge in [0.05, 0.1) is 0 Å². The summed E-state index contributed by atoms with van der Waals surface area (Å²) in [6.45, 7) is -0.243. The molecule has 3 rings (SSSR count). The predicted octanol–water partition coefficient (Wildman–Crippen LogP) is 2.65. The van der Waals surface area contributed by atoms with E-state index in [0.29, 0.717) is 11.5 Å². The van der Waals surface area contributed by atoms with E-state index in [9.17, 15) is 19.2 Å². The van der Waals surface area contributed by atoms with Crippen molar-refractivity contribution in [1.82, 2.24) is 10.6 Å². The van der Waals surface area contributed by atoms with E-state index in [1.807, 2.05) is 24.3 Å². The molecule has 0 aliphatic heterocycles. The zero-order valence-corrected chi connectivity index (χ0v) is 24.2. The van der Waals surface area contributed by atoms with Crippen LogP contribution in [0.3, 0.4) is 0 Å². The third-order valence-corrected chi connectivity index (χ3v) is 8.40. The Labute approximate surface area is 236 Å². The molecular weight excluding hydrogens is 574 g/mol. The number of carbonyl (C=O) groups excluding carboxylic acids is 4. The van der Waals surface area contributed by atoms with Gasteiger partial charge in [-0.25, -0.2) is 4.79 Å². The second kappa shape index (κ2) is 16.1. The summed E-state index contributed by atoms with van der Waals surface area (Å²) < 4.78 is 11.9. The summed E-state index contributed by atoms with van der Waals surface area (Å²) in [6.07, 6.45) is 7.81. The van der Waals surface area contributed by atoms with Crippen molar-refractivity contribution in [3.8, 4) is 0 Å². The lowest BCUT2D eigenvalue weighted by atomic mass is 10.1. The number of halogens is 1.